The Morgan fingerprint density at radius 1 is 0.957 bits per heavy atom. The van der Waals surface area contributed by atoms with Crippen LogP contribution in [0.5, 0.6) is 0 Å². The van der Waals surface area contributed by atoms with Gasteiger partial charge < -0.3 is 15.8 Å². The van der Waals surface area contributed by atoms with E-state index in [-0.39, 0.29) is 11.9 Å². The summed E-state index contributed by atoms with van der Waals surface area (Å²) in [6.07, 6.45) is 12.2. The number of carbonyl (C=O) groups excluding carboxylic acids is 2. The quantitative estimate of drug-likeness (QED) is 0.242. The number of methoxy groups -OCH3 is 1. The maximum Gasteiger partial charge on any atom is 0.305 e. The maximum atomic E-state index is 11.4. The minimum atomic E-state index is -0.494. The van der Waals surface area contributed by atoms with Gasteiger partial charge in [-0.1, -0.05) is 51.4 Å². The molecule has 1 unspecified atom stereocenters. The molecular weight excluding hydrogens is 312 g/mol. The van der Waals surface area contributed by atoms with Crippen LogP contribution in [-0.4, -0.2) is 37.3 Å². The average molecular weight is 347 g/mol. The summed E-state index contributed by atoms with van der Waals surface area (Å²) < 4.78 is 4.61. The number of amides is 1. The van der Waals surface area contributed by atoms with Crippen LogP contribution in [0.4, 0.5) is 0 Å². The summed E-state index contributed by atoms with van der Waals surface area (Å²) in [5, 5.41) is 2.83. The molecule has 0 heterocycles. The van der Waals surface area contributed by atoms with Crippen molar-refractivity contribution in [3.63, 3.8) is 0 Å². The van der Waals surface area contributed by atoms with Crippen molar-refractivity contribution in [1.82, 2.24) is 5.32 Å². The Bertz CT molecular complexity index is 314. The van der Waals surface area contributed by atoms with E-state index in [0.717, 1.165) is 25.7 Å². The predicted molar refractivity (Wildman–Crippen MR) is 97.6 cm³/mol. The lowest BCUT2D eigenvalue weighted by Gasteiger charge is -2.09. The Morgan fingerprint density at radius 3 is 1.91 bits per heavy atom. The minimum absolute atomic E-state index is 0.103. The number of hydrogen-bond donors (Lipinski definition) is 3. The van der Waals surface area contributed by atoms with Crippen molar-refractivity contribution in [3.05, 3.63) is 0 Å². The fraction of sp³-hybridized carbons (Fsp3) is 0.882. The molecule has 1 atom stereocenters. The maximum absolute atomic E-state index is 11.4. The third-order valence-electron chi connectivity index (χ3n) is 3.87. The van der Waals surface area contributed by atoms with Gasteiger partial charge in [-0.05, 0) is 12.8 Å². The SMILES string of the molecule is COC(=O)CCCCCCCCCCCCNC(=O)C(N)CS. The number of ether oxygens (including phenoxy) is 1. The van der Waals surface area contributed by atoms with Gasteiger partial charge in [0.15, 0.2) is 0 Å². The van der Waals surface area contributed by atoms with Gasteiger partial charge in [-0.2, -0.15) is 12.6 Å². The van der Waals surface area contributed by atoms with Crippen LogP contribution in [0.15, 0.2) is 0 Å². The van der Waals surface area contributed by atoms with Crippen LogP contribution in [-0.2, 0) is 14.3 Å². The van der Waals surface area contributed by atoms with E-state index in [0.29, 0.717) is 18.7 Å². The van der Waals surface area contributed by atoms with Gasteiger partial charge in [0.05, 0.1) is 13.2 Å². The van der Waals surface area contributed by atoms with Gasteiger partial charge in [0.1, 0.15) is 0 Å². The van der Waals surface area contributed by atoms with Crippen molar-refractivity contribution in [2.45, 2.75) is 76.7 Å². The number of unbranched alkanes of at least 4 members (excludes halogenated alkanes) is 9. The predicted octanol–water partition coefficient (Wildman–Crippen LogP) is 2.82. The number of thiol groups is 1. The number of nitrogens with one attached hydrogen (secondary N) is 1. The van der Waals surface area contributed by atoms with Gasteiger partial charge in [0.25, 0.3) is 0 Å². The zero-order chi connectivity index (χ0) is 17.3. The molecule has 0 aromatic heterocycles. The molecule has 0 aliphatic heterocycles. The first-order valence-corrected chi connectivity index (χ1v) is 9.46. The number of hydrogen-bond acceptors (Lipinski definition) is 5. The van der Waals surface area contributed by atoms with Gasteiger partial charge in [-0.3, -0.25) is 9.59 Å². The van der Waals surface area contributed by atoms with Crippen molar-refractivity contribution < 1.29 is 14.3 Å². The molecule has 0 aromatic rings. The van der Waals surface area contributed by atoms with E-state index in [1.165, 1.54) is 45.6 Å². The molecule has 0 bridgehead atoms. The van der Waals surface area contributed by atoms with Gasteiger partial charge in [0, 0.05) is 18.7 Å². The van der Waals surface area contributed by atoms with E-state index < -0.39 is 6.04 Å². The summed E-state index contributed by atoms with van der Waals surface area (Å²) in [4.78, 5) is 22.3. The lowest BCUT2D eigenvalue weighted by molar-refractivity contribution is -0.140. The lowest BCUT2D eigenvalue weighted by atomic mass is 10.1. The first-order chi connectivity index (χ1) is 11.1. The molecular formula is C17H34N2O3S. The van der Waals surface area contributed by atoms with Gasteiger partial charge >= 0.3 is 5.97 Å². The molecule has 0 saturated heterocycles. The average Bonchev–Trinajstić information content (AvgIpc) is 2.57. The molecule has 136 valence electrons. The minimum Gasteiger partial charge on any atom is -0.469 e. The molecule has 0 aliphatic rings. The second kappa shape index (κ2) is 16.1. The third-order valence-corrected chi connectivity index (χ3v) is 4.26. The van der Waals surface area contributed by atoms with E-state index in [4.69, 9.17) is 5.73 Å². The van der Waals surface area contributed by atoms with Crippen molar-refractivity contribution in [2.75, 3.05) is 19.4 Å². The fourth-order valence-electron chi connectivity index (χ4n) is 2.34. The monoisotopic (exact) mass is 346 g/mol. The zero-order valence-corrected chi connectivity index (χ0v) is 15.4. The van der Waals surface area contributed by atoms with Crippen molar-refractivity contribution >= 4 is 24.5 Å². The van der Waals surface area contributed by atoms with Crippen molar-refractivity contribution in [3.8, 4) is 0 Å². The molecule has 0 aromatic carbocycles. The van der Waals surface area contributed by atoms with E-state index in [2.05, 4.69) is 22.7 Å². The highest BCUT2D eigenvalue weighted by Gasteiger charge is 2.09. The van der Waals surface area contributed by atoms with Crippen LogP contribution in [0, 0.1) is 0 Å². The molecule has 5 nitrogen and oxygen atoms in total. The molecule has 3 N–H and O–H groups in total. The van der Waals surface area contributed by atoms with E-state index >= 15 is 0 Å². The second-order valence-electron chi connectivity index (χ2n) is 5.94. The Labute approximate surface area is 146 Å². The largest absolute Gasteiger partial charge is 0.469 e. The first kappa shape index (κ1) is 22.2. The van der Waals surface area contributed by atoms with Crippen LogP contribution in [0.3, 0.4) is 0 Å². The topological polar surface area (TPSA) is 81.4 Å². The van der Waals surface area contributed by atoms with Crippen LogP contribution in [0.2, 0.25) is 0 Å². The molecule has 6 heteroatoms. The fourth-order valence-corrected chi connectivity index (χ4v) is 2.50. The lowest BCUT2D eigenvalue weighted by Crippen LogP contribution is -2.42. The molecule has 1 amide bonds. The number of esters is 1. The van der Waals surface area contributed by atoms with Gasteiger partial charge in [0.2, 0.25) is 5.91 Å². The van der Waals surface area contributed by atoms with Crippen LogP contribution < -0.4 is 11.1 Å². The van der Waals surface area contributed by atoms with Crippen molar-refractivity contribution in [1.29, 1.82) is 0 Å². The molecule has 0 radical (unpaired) electrons. The van der Waals surface area contributed by atoms with Crippen molar-refractivity contribution in [2.24, 2.45) is 5.73 Å². The Balaban J connectivity index is 3.16. The number of rotatable bonds is 15. The summed E-state index contributed by atoms with van der Waals surface area (Å²) in [6.45, 7) is 0.709. The smallest absolute Gasteiger partial charge is 0.305 e. The molecule has 0 saturated carbocycles. The Morgan fingerprint density at radius 2 is 1.43 bits per heavy atom. The third kappa shape index (κ3) is 14.6. The van der Waals surface area contributed by atoms with E-state index in [1.807, 2.05) is 0 Å². The summed E-state index contributed by atoms with van der Waals surface area (Å²) in [7, 11) is 1.44. The van der Waals surface area contributed by atoms with Crippen LogP contribution in [0.1, 0.15) is 70.6 Å². The van der Waals surface area contributed by atoms with Gasteiger partial charge in [-0.25, -0.2) is 0 Å². The highest BCUT2D eigenvalue weighted by atomic mass is 32.1. The molecule has 0 spiro atoms. The van der Waals surface area contributed by atoms with Gasteiger partial charge in [-0.15, -0.1) is 0 Å². The number of carbonyl (C=O) groups is 2. The summed E-state index contributed by atoms with van der Waals surface area (Å²) in [5.74, 6) is 0.176. The molecule has 23 heavy (non-hydrogen) atoms. The van der Waals surface area contributed by atoms with E-state index in [9.17, 15) is 9.59 Å². The molecule has 0 rings (SSSR count). The zero-order valence-electron chi connectivity index (χ0n) is 14.5. The Hall–Kier alpha value is -0.750. The standard InChI is InChI=1S/C17H34N2O3S/c1-22-16(20)12-10-8-6-4-2-3-5-7-9-11-13-19-17(21)15(18)14-23/h15,23H,2-14,18H2,1H3,(H,19,21). The summed E-state index contributed by atoms with van der Waals surface area (Å²) >= 11 is 4.00. The summed E-state index contributed by atoms with van der Waals surface area (Å²) in [5.41, 5.74) is 5.57. The Kier molecular flexibility index (Phi) is 15.6. The highest BCUT2D eigenvalue weighted by Crippen LogP contribution is 2.11. The second-order valence-corrected chi connectivity index (χ2v) is 6.31. The number of nitrogens with two attached hydrogens (primary N) is 1. The highest BCUT2D eigenvalue weighted by molar-refractivity contribution is 7.80. The first-order valence-electron chi connectivity index (χ1n) is 8.82. The normalized spacial score (nSPS) is 12.0. The molecule has 0 fully saturated rings. The van der Waals surface area contributed by atoms with Crippen LogP contribution in [0.25, 0.3) is 0 Å². The van der Waals surface area contributed by atoms with Crippen LogP contribution >= 0.6 is 12.6 Å². The van der Waals surface area contributed by atoms with E-state index in [1.54, 1.807) is 0 Å². The molecule has 0 aliphatic carbocycles. The summed E-state index contributed by atoms with van der Waals surface area (Å²) in [6, 6.07) is -0.494.